The number of nitriles is 1. The van der Waals surface area contributed by atoms with Gasteiger partial charge in [0.1, 0.15) is 11.8 Å². The predicted octanol–water partition coefficient (Wildman–Crippen LogP) is 1.37. The molecule has 0 unspecified atom stereocenters. The minimum absolute atomic E-state index is 0.122. The molecule has 12 heavy (non-hydrogen) atoms. The molecule has 0 aliphatic rings. The van der Waals surface area contributed by atoms with Crippen LogP contribution in [0.25, 0.3) is 0 Å². The predicted molar refractivity (Wildman–Crippen MR) is 47.3 cm³/mol. The number of ketones is 1. The minimum atomic E-state index is -0.184. The third kappa shape index (κ3) is 5.48. The van der Waals surface area contributed by atoms with E-state index in [2.05, 4.69) is 5.32 Å². The van der Waals surface area contributed by atoms with Gasteiger partial charge in [-0.15, -0.1) is 0 Å². The Bertz CT molecular complexity index is 240. The van der Waals surface area contributed by atoms with Gasteiger partial charge < -0.3 is 5.32 Å². The van der Waals surface area contributed by atoms with Gasteiger partial charge in [0.25, 0.3) is 0 Å². The molecule has 1 N–H and O–H groups in total. The van der Waals surface area contributed by atoms with Crippen molar-refractivity contribution in [2.24, 2.45) is 0 Å². The van der Waals surface area contributed by atoms with Gasteiger partial charge in [0.05, 0.1) is 0 Å². The van der Waals surface area contributed by atoms with E-state index in [1.165, 1.54) is 13.0 Å². The van der Waals surface area contributed by atoms with Crippen molar-refractivity contribution in [2.75, 3.05) is 0 Å². The Kier molecular flexibility index (Phi) is 3.49. The van der Waals surface area contributed by atoms with E-state index < -0.39 is 0 Å². The molecule has 0 aliphatic carbocycles. The molecule has 0 spiro atoms. The van der Waals surface area contributed by atoms with Gasteiger partial charge in [0, 0.05) is 11.6 Å². The van der Waals surface area contributed by atoms with Crippen molar-refractivity contribution >= 4 is 5.78 Å². The van der Waals surface area contributed by atoms with Crippen LogP contribution in [0.5, 0.6) is 0 Å². The van der Waals surface area contributed by atoms with Crippen LogP contribution >= 0.6 is 0 Å². The largest absolute Gasteiger partial charge is 0.372 e. The average molecular weight is 166 g/mol. The molecule has 0 bridgehead atoms. The molecule has 0 saturated heterocycles. The number of nitrogens with one attached hydrogen (secondary N) is 1. The number of hydrogen-bond donors (Lipinski definition) is 1. The van der Waals surface area contributed by atoms with Gasteiger partial charge in [0.15, 0.2) is 5.78 Å². The van der Waals surface area contributed by atoms with Crippen molar-refractivity contribution in [2.45, 2.75) is 33.2 Å². The van der Waals surface area contributed by atoms with Gasteiger partial charge in [-0.2, -0.15) is 5.26 Å². The summed E-state index contributed by atoms with van der Waals surface area (Å²) in [5.74, 6) is -0.122. The Hall–Kier alpha value is -1.30. The van der Waals surface area contributed by atoms with Crippen molar-refractivity contribution < 1.29 is 4.79 Å². The van der Waals surface area contributed by atoms with E-state index in [1.807, 2.05) is 26.8 Å². The van der Waals surface area contributed by atoms with Crippen molar-refractivity contribution in [3.63, 3.8) is 0 Å². The van der Waals surface area contributed by atoms with Crippen LogP contribution in [-0.2, 0) is 4.79 Å². The molecule has 0 atom stereocenters. The topological polar surface area (TPSA) is 52.9 Å². The van der Waals surface area contributed by atoms with Crippen molar-refractivity contribution in [1.82, 2.24) is 5.32 Å². The second-order valence-corrected chi connectivity index (χ2v) is 3.66. The number of allylic oxidation sites excluding steroid dienone is 2. The van der Waals surface area contributed by atoms with Crippen LogP contribution in [0.2, 0.25) is 0 Å². The smallest absolute Gasteiger partial charge is 0.155 e. The maximum Gasteiger partial charge on any atom is 0.155 e. The van der Waals surface area contributed by atoms with E-state index in [0.29, 0.717) is 5.70 Å². The molecule has 3 heteroatoms. The van der Waals surface area contributed by atoms with Crippen molar-refractivity contribution in [3.05, 3.63) is 11.8 Å². The summed E-state index contributed by atoms with van der Waals surface area (Å²) in [5, 5.41) is 11.5. The van der Waals surface area contributed by atoms with Crippen LogP contribution < -0.4 is 5.32 Å². The molecule has 0 aliphatic heterocycles. The molecule has 0 aromatic rings. The highest BCUT2D eigenvalue weighted by Crippen LogP contribution is 2.02. The Morgan fingerprint density at radius 3 is 2.25 bits per heavy atom. The van der Waals surface area contributed by atoms with E-state index >= 15 is 0 Å². The molecule has 0 rings (SSSR count). The molecule has 66 valence electrons. The average Bonchev–Trinajstić information content (AvgIpc) is 1.82. The monoisotopic (exact) mass is 166 g/mol. The molecule has 0 amide bonds. The quantitative estimate of drug-likeness (QED) is 0.498. The first kappa shape index (κ1) is 10.7. The fourth-order valence-electron chi connectivity index (χ4n) is 0.704. The fourth-order valence-corrected chi connectivity index (χ4v) is 0.704. The summed E-state index contributed by atoms with van der Waals surface area (Å²) in [4.78, 5) is 10.6. The lowest BCUT2D eigenvalue weighted by Gasteiger charge is -2.20. The third-order valence-corrected chi connectivity index (χ3v) is 0.978. The molecule has 0 radical (unpaired) electrons. The van der Waals surface area contributed by atoms with Crippen molar-refractivity contribution in [3.8, 4) is 6.07 Å². The lowest BCUT2D eigenvalue weighted by molar-refractivity contribution is -0.112. The molecule has 0 aromatic heterocycles. The lowest BCUT2D eigenvalue weighted by Crippen LogP contribution is -2.34. The Balaban J connectivity index is 4.42. The molecule has 0 fully saturated rings. The molecule has 0 heterocycles. The van der Waals surface area contributed by atoms with Crippen molar-refractivity contribution in [1.29, 1.82) is 5.26 Å². The summed E-state index contributed by atoms with van der Waals surface area (Å²) in [7, 11) is 0. The van der Waals surface area contributed by atoms with Gasteiger partial charge >= 0.3 is 0 Å². The van der Waals surface area contributed by atoms with Gasteiger partial charge in [-0.1, -0.05) is 0 Å². The lowest BCUT2D eigenvalue weighted by atomic mass is 10.1. The van der Waals surface area contributed by atoms with Crippen LogP contribution in [0, 0.1) is 11.3 Å². The van der Waals surface area contributed by atoms with E-state index in [1.54, 1.807) is 0 Å². The van der Waals surface area contributed by atoms with Crippen LogP contribution in [-0.4, -0.2) is 11.3 Å². The third-order valence-electron chi connectivity index (χ3n) is 0.978. The zero-order valence-corrected chi connectivity index (χ0v) is 7.93. The first-order valence-electron chi connectivity index (χ1n) is 3.76. The summed E-state index contributed by atoms with van der Waals surface area (Å²) in [6, 6.07) is 1.92. The van der Waals surface area contributed by atoms with E-state index in [0.717, 1.165) is 0 Å². The molecular weight excluding hydrogens is 152 g/mol. The Labute approximate surface area is 73.1 Å². The summed E-state index contributed by atoms with van der Waals surface area (Å²) in [6.45, 7) is 7.20. The molecule has 0 aromatic carbocycles. The number of hydrogen-bond acceptors (Lipinski definition) is 3. The van der Waals surface area contributed by atoms with Gasteiger partial charge in [-0.25, -0.2) is 0 Å². The highest BCUT2D eigenvalue weighted by Gasteiger charge is 2.10. The number of rotatable bonds is 2. The van der Waals surface area contributed by atoms with E-state index in [-0.39, 0.29) is 11.3 Å². The number of carbonyl (C=O) groups is 1. The number of nitrogens with zero attached hydrogens (tertiary/aromatic N) is 1. The van der Waals surface area contributed by atoms with Crippen LogP contribution in [0.15, 0.2) is 11.8 Å². The number of carbonyl (C=O) groups excluding carboxylic acids is 1. The zero-order chi connectivity index (χ0) is 9.78. The van der Waals surface area contributed by atoms with E-state index in [9.17, 15) is 4.79 Å². The van der Waals surface area contributed by atoms with Gasteiger partial charge in [-0.3, -0.25) is 4.79 Å². The highest BCUT2D eigenvalue weighted by atomic mass is 16.1. The van der Waals surface area contributed by atoms with E-state index in [4.69, 9.17) is 5.26 Å². The molecule has 0 saturated carbocycles. The van der Waals surface area contributed by atoms with Gasteiger partial charge in [-0.05, 0) is 27.7 Å². The molecular formula is C9H14N2O. The summed E-state index contributed by atoms with van der Waals surface area (Å²) >= 11 is 0. The Morgan fingerprint density at radius 1 is 1.50 bits per heavy atom. The van der Waals surface area contributed by atoms with Crippen LogP contribution in [0.4, 0.5) is 0 Å². The zero-order valence-electron chi connectivity index (χ0n) is 7.93. The fraction of sp³-hybridized carbons (Fsp3) is 0.556. The minimum Gasteiger partial charge on any atom is -0.372 e. The van der Waals surface area contributed by atoms with Crippen LogP contribution in [0.1, 0.15) is 27.7 Å². The second kappa shape index (κ2) is 3.91. The first-order chi connectivity index (χ1) is 5.35. The molecule has 3 nitrogen and oxygen atoms in total. The maximum atomic E-state index is 10.6. The first-order valence-corrected chi connectivity index (χ1v) is 3.76. The summed E-state index contributed by atoms with van der Waals surface area (Å²) < 4.78 is 0. The van der Waals surface area contributed by atoms with Gasteiger partial charge in [0.2, 0.25) is 0 Å². The standard InChI is InChI=1S/C9H14N2O/c1-7(12)5-8(6-10)11-9(2,3)4/h5,11H,1-4H3/b8-5-. The SMILES string of the molecule is CC(=O)/C=C(/C#N)NC(C)(C)C. The highest BCUT2D eigenvalue weighted by molar-refractivity contribution is 5.88. The maximum absolute atomic E-state index is 10.6. The van der Waals surface area contributed by atoms with Crippen LogP contribution in [0.3, 0.4) is 0 Å². The second-order valence-electron chi connectivity index (χ2n) is 3.66. The summed E-state index contributed by atoms with van der Waals surface area (Å²) in [5.41, 5.74) is 0.131. The normalized spacial score (nSPS) is 12.1. The Morgan fingerprint density at radius 2 is 2.00 bits per heavy atom. The summed E-state index contributed by atoms with van der Waals surface area (Å²) in [6.07, 6.45) is 1.30.